The minimum Gasteiger partial charge on any atom is -0.248 e. The summed E-state index contributed by atoms with van der Waals surface area (Å²) >= 11 is 0. The Kier molecular flexibility index (Phi) is 3.94. The first kappa shape index (κ1) is 18.3. The predicted molar refractivity (Wildman–Crippen MR) is 136 cm³/mol. The van der Waals surface area contributed by atoms with Crippen molar-refractivity contribution in [3.8, 4) is 33.6 Å². The molecule has 2 heteroatoms. The van der Waals surface area contributed by atoms with Crippen molar-refractivity contribution < 1.29 is 0 Å². The van der Waals surface area contributed by atoms with E-state index in [1.54, 1.807) is 0 Å². The summed E-state index contributed by atoms with van der Waals surface area (Å²) in [6.07, 6.45) is 0.938. The maximum absolute atomic E-state index is 4.89. The molecule has 6 aromatic rings. The van der Waals surface area contributed by atoms with E-state index in [1.165, 1.54) is 44.2 Å². The van der Waals surface area contributed by atoms with E-state index in [0.717, 1.165) is 28.8 Å². The lowest BCUT2D eigenvalue weighted by atomic mass is 10.00. The largest absolute Gasteiger partial charge is 0.248 e. The van der Waals surface area contributed by atoms with Crippen molar-refractivity contribution in [2.24, 2.45) is 0 Å². The Morgan fingerprint density at radius 2 is 0.939 bits per heavy atom. The highest BCUT2D eigenvalue weighted by Gasteiger charge is 2.20. The lowest BCUT2D eigenvalue weighted by Crippen LogP contribution is -1.88. The molecule has 0 fully saturated rings. The minimum atomic E-state index is 0.938. The number of rotatable bonds is 2. The molecule has 4 aromatic carbocycles. The van der Waals surface area contributed by atoms with Gasteiger partial charge >= 0.3 is 0 Å². The fourth-order valence-corrected chi connectivity index (χ4v) is 4.98. The van der Waals surface area contributed by atoms with Crippen molar-refractivity contribution in [1.82, 2.24) is 9.97 Å². The SMILES string of the molecule is c1ccc2nc(-c3ccc4c(c3)Cc3cc(-c5ccc6ccccc6n5)ccc3-4)ccc2c1. The van der Waals surface area contributed by atoms with Crippen LogP contribution >= 0.6 is 0 Å². The van der Waals surface area contributed by atoms with Gasteiger partial charge in [-0.15, -0.1) is 0 Å². The minimum absolute atomic E-state index is 0.938. The van der Waals surface area contributed by atoms with Crippen LogP contribution in [-0.2, 0) is 6.42 Å². The summed E-state index contributed by atoms with van der Waals surface area (Å²) in [5, 5.41) is 2.34. The van der Waals surface area contributed by atoms with E-state index in [0.29, 0.717) is 0 Å². The number of fused-ring (bicyclic) bond motifs is 5. The lowest BCUT2D eigenvalue weighted by Gasteiger charge is -2.07. The Bertz CT molecular complexity index is 1570. The molecule has 0 radical (unpaired) electrons. The number of pyridine rings is 2. The number of hydrogen-bond donors (Lipinski definition) is 0. The standard InChI is InChI=1S/C31H20N2/c1-3-7-28-20(5-1)11-15-30(32-28)22-9-13-26-24(17-22)19-25-18-23(10-14-27(25)26)31-16-12-21-6-2-4-8-29(21)33-31/h1-18H,19H2. The molecule has 0 unspecified atom stereocenters. The second kappa shape index (κ2) is 7.11. The highest BCUT2D eigenvalue weighted by Crippen LogP contribution is 2.40. The summed E-state index contributed by atoms with van der Waals surface area (Å²) in [7, 11) is 0. The zero-order valence-corrected chi connectivity index (χ0v) is 18.0. The van der Waals surface area contributed by atoms with Gasteiger partial charge < -0.3 is 0 Å². The van der Waals surface area contributed by atoms with Crippen LogP contribution in [0.4, 0.5) is 0 Å². The number of aromatic nitrogens is 2. The first-order chi connectivity index (χ1) is 16.3. The van der Waals surface area contributed by atoms with Crippen LogP contribution in [0.1, 0.15) is 11.1 Å². The van der Waals surface area contributed by atoms with Gasteiger partial charge in [0, 0.05) is 21.9 Å². The van der Waals surface area contributed by atoms with Crippen LogP contribution in [0.3, 0.4) is 0 Å². The molecule has 0 aliphatic heterocycles. The van der Waals surface area contributed by atoms with Crippen LogP contribution in [0.25, 0.3) is 55.4 Å². The number of hydrogen-bond acceptors (Lipinski definition) is 2. The molecule has 2 nitrogen and oxygen atoms in total. The summed E-state index contributed by atoms with van der Waals surface area (Å²) in [5.41, 5.74) is 11.8. The topological polar surface area (TPSA) is 25.8 Å². The van der Waals surface area contributed by atoms with Crippen molar-refractivity contribution in [2.45, 2.75) is 6.42 Å². The third kappa shape index (κ3) is 3.03. The summed E-state index contributed by atoms with van der Waals surface area (Å²) in [6.45, 7) is 0. The second-order valence-corrected chi connectivity index (χ2v) is 8.70. The van der Waals surface area contributed by atoms with Crippen molar-refractivity contribution in [2.75, 3.05) is 0 Å². The smallest absolute Gasteiger partial charge is 0.0709 e. The van der Waals surface area contributed by atoms with Crippen LogP contribution in [0.15, 0.2) is 109 Å². The fraction of sp³-hybridized carbons (Fsp3) is 0.0323. The van der Waals surface area contributed by atoms with Crippen LogP contribution in [0, 0.1) is 0 Å². The van der Waals surface area contributed by atoms with Gasteiger partial charge in [0.05, 0.1) is 22.4 Å². The van der Waals surface area contributed by atoms with Gasteiger partial charge in [0.25, 0.3) is 0 Å². The zero-order valence-electron chi connectivity index (χ0n) is 18.0. The molecule has 1 aliphatic rings. The van der Waals surface area contributed by atoms with Crippen molar-refractivity contribution in [3.63, 3.8) is 0 Å². The molecule has 0 atom stereocenters. The van der Waals surface area contributed by atoms with Gasteiger partial charge in [-0.2, -0.15) is 0 Å². The Labute approximate surface area is 192 Å². The first-order valence-corrected chi connectivity index (χ1v) is 11.3. The molecule has 154 valence electrons. The van der Waals surface area contributed by atoms with E-state index in [1.807, 2.05) is 12.1 Å². The van der Waals surface area contributed by atoms with E-state index in [-0.39, 0.29) is 0 Å². The third-order valence-corrected chi connectivity index (χ3v) is 6.67. The molecular formula is C31H20N2. The van der Waals surface area contributed by atoms with Gasteiger partial charge in [0.15, 0.2) is 0 Å². The molecule has 2 heterocycles. The highest BCUT2D eigenvalue weighted by molar-refractivity contribution is 5.86. The van der Waals surface area contributed by atoms with Crippen LogP contribution in [0.2, 0.25) is 0 Å². The Morgan fingerprint density at radius 1 is 0.455 bits per heavy atom. The molecule has 0 saturated carbocycles. The van der Waals surface area contributed by atoms with Crippen molar-refractivity contribution in [1.29, 1.82) is 0 Å². The van der Waals surface area contributed by atoms with Crippen LogP contribution in [-0.4, -0.2) is 9.97 Å². The summed E-state index contributed by atoms with van der Waals surface area (Å²) < 4.78 is 0. The van der Waals surface area contributed by atoms with Gasteiger partial charge in [-0.1, -0.05) is 72.8 Å². The molecule has 1 aliphatic carbocycles. The zero-order chi connectivity index (χ0) is 21.8. The molecule has 0 bridgehead atoms. The number of nitrogens with zero attached hydrogens (tertiary/aromatic N) is 2. The highest BCUT2D eigenvalue weighted by atomic mass is 14.7. The van der Waals surface area contributed by atoms with E-state index in [2.05, 4.69) is 97.1 Å². The maximum Gasteiger partial charge on any atom is 0.0709 e. The monoisotopic (exact) mass is 420 g/mol. The van der Waals surface area contributed by atoms with Gasteiger partial charge in [0.1, 0.15) is 0 Å². The molecule has 33 heavy (non-hydrogen) atoms. The molecular weight excluding hydrogens is 400 g/mol. The molecule has 0 saturated heterocycles. The van der Waals surface area contributed by atoms with Crippen molar-refractivity contribution >= 4 is 21.8 Å². The van der Waals surface area contributed by atoms with E-state index in [4.69, 9.17) is 9.97 Å². The third-order valence-electron chi connectivity index (χ3n) is 6.67. The Morgan fingerprint density at radius 3 is 1.45 bits per heavy atom. The number of para-hydroxylation sites is 2. The van der Waals surface area contributed by atoms with E-state index in [9.17, 15) is 0 Å². The van der Waals surface area contributed by atoms with Crippen molar-refractivity contribution in [3.05, 3.63) is 120 Å². The normalized spacial score (nSPS) is 12.1. The van der Waals surface area contributed by atoms with Crippen LogP contribution < -0.4 is 0 Å². The molecule has 2 aromatic heterocycles. The average molecular weight is 421 g/mol. The van der Waals surface area contributed by atoms with E-state index < -0.39 is 0 Å². The maximum atomic E-state index is 4.89. The van der Waals surface area contributed by atoms with Gasteiger partial charge in [0.2, 0.25) is 0 Å². The lowest BCUT2D eigenvalue weighted by molar-refractivity contribution is 1.26. The molecule has 0 N–H and O–H groups in total. The summed E-state index contributed by atoms with van der Waals surface area (Å²) in [6, 6.07) is 38.6. The van der Waals surface area contributed by atoms with Crippen LogP contribution in [0.5, 0.6) is 0 Å². The summed E-state index contributed by atoms with van der Waals surface area (Å²) in [5.74, 6) is 0. The summed E-state index contributed by atoms with van der Waals surface area (Å²) in [4.78, 5) is 9.78. The Balaban J connectivity index is 1.25. The van der Waals surface area contributed by atoms with Gasteiger partial charge in [-0.25, -0.2) is 9.97 Å². The predicted octanol–water partition coefficient (Wildman–Crippen LogP) is 7.69. The quantitative estimate of drug-likeness (QED) is 0.286. The number of benzene rings is 4. The Hall–Kier alpha value is -4.30. The first-order valence-electron chi connectivity index (χ1n) is 11.3. The molecule has 0 spiro atoms. The van der Waals surface area contributed by atoms with Gasteiger partial charge in [-0.3, -0.25) is 0 Å². The van der Waals surface area contributed by atoms with Gasteiger partial charge in [-0.05, 0) is 65.1 Å². The molecule has 7 rings (SSSR count). The second-order valence-electron chi connectivity index (χ2n) is 8.70. The molecule has 0 amide bonds. The fourth-order valence-electron chi connectivity index (χ4n) is 4.98. The average Bonchev–Trinajstić information content (AvgIpc) is 3.25. The van der Waals surface area contributed by atoms with E-state index >= 15 is 0 Å².